The summed E-state index contributed by atoms with van der Waals surface area (Å²) in [5.74, 6) is 0.467. The van der Waals surface area contributed by atoms with Gasteiger partial charge in [-0.05, 0) is 62.4 Å². The molecule has 3 aromatic rings. The summed E-state index contributed by atoms with van der Waals surface area (Å²) in [5, 5.41) is 6.13. The van der Waals surface area contributed by atoms with Crippen LogP contribution >= 0.6 is 0 Å². The van der Waals surface area contributed by atoms with Crippen LogP contribution in [0.15, 0.2) is 67.0 Å². The van der Waals surface area contributed by atoms with E-state index in [1.165, 1.54) is 5.69 Å². The number of carbonyl (C=O) groups excluding carboxylic acids is 1. The summed E-state index contributed by atoms with van der Waals surface area (Å²) in [5.41, 5.74) is 3.48. The second-order valence-electron chi connectivity index (χ2n) is 6.28. The summed E-state index contributed by atoms with van der Waals surface area (Å²) in [6.45, 7) is 6.62. The molecule has 0 unspecified atom stereocenters. The van der Waals surface area contributed by atoms with E-state index >= 15 is 0 Å². The van der Waals surface area contributed by atoms with Gasteiger partial charge in [-0.2, -0.15) is 0 Å². The van der Waals surface area contributed by atoms with Gasteiger partial charge in [-0.15, -0.1) is 0 Å². The summed E-state index contributed by atoms with van der Waals surface area (Å²) < 4.78 is 0. The highest BCUT2D eigenvalue weighted by molar-refractivity contribution is 5.94. The van der Waals surface area contributed by atoms with Gasteiger partial charge < -0.3 is 15.5 Å². The van der Waals surface area contributed by atoms with E-state index in [0.717, 1.165) is 24.5 Å². The Bertz CT molecular complexity index is 892. The number of nitrogens with one attached hydrogen (secondary N) is 2. The molecule has 28 heavy (non-hydrogen) atoms. The molecular weight excluding hydrogens is 350 g/mol. The number of carbonyl (C=O) groups is 1. The fourth-order valence-electron chi connectivity index (χ4n) is 2.91. The summed E-state index contributed by atoms with van der Waals surface area (Å²) >= 11 is 0. The van der Waals surface area contributed by atoms with Gasteiger partial charge in [0.1, 0.15) is 5.82 Å². The van der Waals surface area contributed by atoms with Crippen molar-refractivity contribution in [3.63, 3.8) is 0 Å². The van der Waals surface area contributed by atoms with Gasteiger partial charge in [0.2, 0.25) is 0 Å². The van der Waals surface area contributed by atoms with E-state index in [1.807, 2.05) is 30.3 Å². The van der Waals surface area contributed by atoms with E-state index in [0.29, 0.717) is 17.9 Å². The average Bonchev–Trinajstić information content (AvgIpc) is 2.75. The zero-order valence-electron chi connectivity index (χ0n) is 16.2. The Balaban J connectivity index is 1.63. The predicted molar refractivity (Wildman–Crippen MR) is 113 cm³/mol. The molecule has 6 heteroatoms. The summed E-state index contributed by atoms with van der Waals surface area (Å²) in [6.07, 6.45) is 3.34. The maximum Gasteiger partial charge on any atom is 0.251 e. The van der Waals surface area contributed by atoms with Gasteiger partial charge in [0.15, 0.2) is 0 Å². The Labute approximate surface area is 165 Å². The molecule has 0 aliphatic rings. The minimum absolute atomic E-state index is 0.159. The third-order valence-corrected chi connectivity index (χ3v) is 4.45. The van der Waals surface area contributed by atoms with Gasteiger partial charge in [-0.3, -0.25) is 9.78 Å². The van der Waals surface area contributed by atoms with Gasteiger partial charge in [0, 0.05) is 42.4 Å². The van der Waals surface area contributed by atoms with Gasteiger partial charge in [0.25, 0.3) is 5.91 Å². The quantitative estimate of drug-likeness (QED) is 0.623. The molecule has 3 rings (SSSR count). The topological polar surface area (TPSA) is 70.2 Å². The second-order valence-corrected chi connectivity index (χ2v) is 6.28. The van der Waals surface area contributed by atoms with E-state index in [9.17, 15) is 4.79 Å². The van der Waals surface area contributed by atoms with Crippen LogP contribution in [0.4, 0.5) is 17.2 Å². The fraction of sp³-hybridized carbons (Fsp3) is 0.227. The zero-order valence-corrected chi connectivity index (χ0v) is 16.2. The lowest BCUT2D eigenvalue weighted by Crippen LogP contribution is -2.23. The van der Waals surface area contributed by atoms with Crippen molar-refractivity contribution in [2.45, 2.75) is 20.4 Å². The fourth-order valence-corrected chi connectivity index (χ4v) is 2.91. The third kappa shape index (κ3) is 5.07. The highest BCUT2D eigenvalue weighted by Crippen LogP contribution is 2.20. The molecule has 6 nitrogen and oxygen atoms in total. The van der Waals surface area contributed by atoms with Gasteiger partial charge in [-0.1, -0.05) is 6.07 Å². The molecule has 0 spiro atoms. The van der Waals surface area contributed by atoms with Crippen LogP contribution < -0.4 is 15.5 Å². The molecular formula is C22H25N5O. The van der Waals surface area contributed by atoms with Gasteiger partial charge >= 0.3 is 0 Å². The molecule has 0 bridgehead atoms. The third-order valence-electron chi connectivity index (χ3n) is 4.45. The van der Waals surface area contributed by atoms with E-state index in [-0.39, 0.29) is 5.91 Å². The molecule has 2 aromatic heterocycles. The van der Waals surface area contributed by atoms with Crippen LogP contribution in [0.2, 0.25) is 0 Å². The summed E-state index contributed by atoms with van der Waals surface area (Å²) in [6, 6.07) is 17.3. The average molecular weight is 375 g/mol. The van der Waals surface area contributed by atoms with E-state index in [2.05, 4.69) is 51.5 Å². The number of amides is 1. The lowest BCUT2D eigenvalue weighted by atomic mass is 10.2. The lowest BCUT2D eigenvalue weighted by Gasteiger charge is -2.21. The molecule has 2 N–H and O–H groups in total. The number of pyridine rings is 2. The van der Waals surface area contributed by atoms with Crippen LogP contribution in [-0.2, 0) is 6.54 Å². The molecule has 0 saturated heterocycles. The second kappa shape index (κ2) is 9.50. The van der Waals surface area contributed by atoms with Gasteiger partial charge in [0.05, 0.1) is 12.2 Å². The molecule has 1 aromatic carbocycles. The minimum atomic E-state index is -0.159. The SMILES string of the molecule is CCN(CC)c1ccc(Nc2cc(C(=O)NCc3ccccn3)ccn2)cc1. The lowest BCUT2D eigenvalue weighted by molar-refractivity contribution is 0.0950. The van der Waals surface area contributed by atoms with Gasteiger partial charge in [-0.25, -0.2) is 4.98 Å². The molecule has 0 aliphatic carbocycles. The Morgan fingerprint density at radius 2 is 1.75 bits per heavy atom. The molecule has 0 saturated carbocycles. The number of rotatable bonds is 8. The number of nitrogens with zero attached hydrogens (tertiary/aromatic N) is 3. The smallest absolute Gasteiger partial charge is 0.251 e. The Morgan fingerprint density at radius 1 is 0.964 bits per heavy atom. The summed E-state index contributed by atoms with van der Waals surface area (Å²) in [4.78, 5) is 23.2. The molecule has 1 amide bonds. The Kier molecular flexibility index (Phi) is 6.57. The number of aromatic nitrogens is 2. The number of hydrogen-bond donors (Lipinski definition) is 2. The van der Waals surface area contributed by atoms with Crippen LogP contribution in [0.5, 0.6) is 0 Å². The summed E-state index contributed by atoms with van der Waals surface area (Å²) in [7, 11) is 0. The largest absolute Gasteiger partial charge is 0.372 e. The van der Waals surface area contributed by atoms with Crippen molar-refractivity contribution in [2.75, 3.05) is 23.3 Å². The van der Waals surface area contributed by atoms with E-state index < -0.39 is 0 Å². The van der Waals surface area contributed by atoms with Crippen molar-refractivity contribution in [2.24, 2.45) is 0 Å². The molecule has 0 aliphatic heterocycles. The number of hydrogen-bond acceptors (Lipinski definition) is 5. The Morgan fingerprint density at radius 3 is 2.43 bits per heavy atom. The van der Waals surface area contributed by atoms with Crippen molar-refractivity contribution in [1.29, 1.82) is 0 Å². The van der Waals surface area contributed by atoms with Crippen molar-refractivity contribution < 1.29 is 4.79 Å². The first-order chi connectivity index (χ1) is 13.7. The minimum Gasteiger partial charge on any atom is -0.372 e. The standard InChI is InChI=1S/C22H25N5O/c1-3-27(4-2)20-10-8-18(9-11-20)26-21-15-17(12-14-24-21)22(28)25-16-19-7-5-6-13-23-19/h5-15H,3-4,16H2,1-2H3,(H,24,26)(H,25,28). The van der Waals surface area contributed by atoms with Crippen LogP contribution in [0.1, 0.15) is 29.9 Å². The highest BCUT2D eigenvalue weighted by Gasteiger charge is 2.08. The maximum atomic E-state index is 12.4. The monoisotopic (exact) mass is 375 g/mol. The number of benzene rings is 1. The zero-order chi connectivity index (χ0) is 19.8. The number of anilines is 3. The van der Waals surface area contributed by atoms with Crippen LogP contribution in [0.25, 0.3) is 0 Å². The van der Waals surface area contributed by atoms with Crippen molar-refractivity contribution in [1.82, 2.24) is 15.3 Å². The molecule has 0 fully saturated rings. The first kappa shape index (κ1) is 19.4. The first-order valence-corrected chi connectivity index (χ1v) is 9.45. The van der Waals surface area contributed by atoms with Crippen molar-refractivity contribution in [3.05, 3.63) is 78.2 Å². The highest BCUT2D eigenvalue weighted by atomic mass is 16.1. The predicted octanol–water partition coefficient (Wildman–Crippen LogP) is 4.00. The normalized spacial score (nSPS) is 10.4. The van der Waals surface area contributed by atoms with Crippen LogP contribution in [0.3, 0.4) is 0 Å². The molecule has 2 heterocycles. The molecule has 0 radical (unpaired) electrons. The van der Waals surface area contributed by atoms with Crippen molar-refractivity contribution in [3.8, 4) is 0 Å². The van der Waals surface area contributed by atoms with Crippen molar-refractivity contribution >= 4 is 23.1 Å². The van der Waals surface area contributed by atoms with Crippen LogP contribution in [0, 0.1) is 0 Å². The molecule has 144 valence electrons. The van der Waals surface area contributed by atoms with E-state index in [4.69, 9.17) is 0 Å². The van der Waals surface area contributed by atoms with Crippen LogP contribution in [-0.4, -0.2) is 29.0 Å². The maximum absolute atomic E-state index is 12.4. The van der Waals surface area contributed by atoms with E-state index in [1.54, 1.807) is 24.5 Å². The first-order valence-electron chi connectivity index (χ1n) is 9.45. The Hall–Kier alpha value is -3.41. The molecule has 0 atom stereocenters.